The third-order valence-corrected chi connectivity index (χ3v) is 7.46. The molecule has 3 aromatic carbocycles. The number of benzene rings is 3. The van der Waals surface area contributed by atoms with Crippen LogP contribution >= 0.6 is 27.7 Å². The van der Waals surface area contributed by atoms with Crippen LogP contribution in [0.1, 0.15) is 65.6 Å². The number of carbonyl (C=O) groups excluding carboxylic acids is 1. The van der Waals surface area contributed by atoms with Gasteiger partial charge in [0.05, 0.1) is 5.56 Å². The molecule has 0 saturated carbocycles. The van der Waals surface area contributed by atoms with Crippen molar-refractivity contribution in [2.24, 2.45) is 0 Å². The predicted molar refractivity (Wildman–Crippen MR) is 149 cm³/mol. The van der Waals surface area contributed by atoms with Gasteiger partial charge in [0.15, 0.2) is 0 Å². The standard InChI is InChI=1S/C19H18F4OS.C11H14BrF/c20-16-8-5-14(6-9-16)4-2-1-3-11-25-18-10-7-15(13-24)12-17(18)19(21,22)23;12-9-3-1-2-4-10-5-7-11(13)8-6-10/h5-10,12-13H,1-4,11H2;5-8H,1-4,9H2. The van der Waals surface area contributed by atoms with Crippen LogP contribution < -0.4 is 0 Å². The summed E-state index contributed by atoms with van der Waals surface area (Å²) in [4.78, 5) is 10.8. The molecule has 1 nitrogen and oxygen atoms in total. The first-order valence-corrected chi connectivity index (χ1v) is 14.7. The molecule has 3 rings (SSSR count). The van der Waals surface area contributed by atoms with Crippen LogP contribution in [0, 0.1) is 11.6 Å². The molecule has 0 spiro atoms. The smallest absolute Gasteiger partial charge is 0.298 e. The minimum atomic E-state index is -4.47. The maximum absolute atomic E-state index is 13.1. The number of halogens is 6. The summed E-state index contributed by atoms with van der Waals surface area (Å²) in [6.07, 6.45) is 4.07. The zero-order chi connectivity index (χ0) is 27.8. The van der Waals surface area contributed by atoms with Crippen molar-refractivity contribution in [3.8, 4) is 0 Å². The summed E-state index contributed by atoms with van der Waals surface area (Å²) in [5.74, 6) is 0.165. The van der Waals surface area contributed by atoms with Gasteiger partial charge in [-0.1, -0.05) is 59.1 Å². The van der Waals surface area contributed by atoms with Gasteiger partial charge in [0.2, 0.25) is 0 Å². The van der Waals surface area contributed by atoms with Crippen LogP contribution in [0.5, 0.6) is 0 Å². The number of hydrogen-bond acceptors (Lipinski definition) is 2. The fraction of sp³-hybridized carbons (Fsp3) is 0.367. The zero-order valence-electron chi connectivity index (χ0n) is 21.1. The summed E-state index contributed by atoms with van der Waals surface area (Å²) in [5.41, 5.74) is 1.55. The average molecular weight is 616 g/mol. The Balaban J connectivity index is 0.000000328. The topological polar surface area (TPSA) is 17.1 Å². The molecule has 3 aromatic rings. The van der Waals surface area contributed by atoms with Gasteiger partial charge in [-0.2, -0.15) is 13.2 Å². The van der Waals surface area contributed by atoms with Crippen LogP contribution in [0.4, 0.5) is 22.0 Å². The van der Waals surface area contributed by atoms with Crippen LogP contribution in [-0.2, 0) is 19.0 Å². The molecule has 0 aliphatic heterocycles. The first-order valence-electron chi connectivity index (χ1n) is 12.6. The zero-order valence-corrected chi connectivity index (χ0v) is 23.5. The Morgan fingerprint density at radius 2 is 1.24 bits per heavy atom. The second kappa shape index (κ2) is 17.4. The van der Waals surface area contributed by atoms with Crippen LogP contribution in [0.25, 0.3) is 0 Å². The number of hydrogen-bond donors (Lipinski definition) is 0. The normalized spacial score (nSPS) is 11.1. The van der Waals surface area contributed by atoms with Gasteiger partial charge < -0.3 is 0 Å². The van der Waals surface area contributed by atoms with Crippen molar-refractivity contribution in [3.63, 3.8) is 0 Å². The number of aryl methyl sites for hydroxylation is 2. The Hall–Kier alpha value is -2.19. The second-order valence-corrected chi connectivity index (χ2v) is 10.7. The van der Waals surface area contributed by atoms with E-state index in [0.717, 1.165) is 60.8 Å². The predicted octanol–water partition coefficient (Wildman–Crippen LogP) is 10.1. The fourth-order valence-electron chi connectivity index (χ4n) is 3.66. The third kappa shape index (κ3) is 12.6. The van der Waals surface area contributed by atoms with Crippen LogP contribution in [-0.4, -0.2) is 17.4 Å². The summed E-state index contributed by atoms with van der Waals surface area (Å²) in [7, 11) is 0. The number of unbranched alkanes of at least 4 members (excludes halogenated alkanes) is 4. The van der Waals surface area contributed by atoms with E-state index in [1.165, 1.54) is 61.2 Å². The molecule has 0 bridgehead atoms. The van der Waals surface area contributed by atoms with Crippen LogP contribution in [0.15, 0.2) is 71.6 Å². The van der Waals surface area contributed by atoms with Gasteiger partial charge >= 0.3 is 6.18 Å². The van der Waals surface area contributed by atoms with E-state index in [1.807, 2.05) is 12.1 Å². The van der Waals surface area contributed by atoms with E-state index in [0.29, 0.717) is 12.0 Å². The molecule has 0 radical (unpaired) electrons. The van der Waals surface area contributed by atoms with Crippen molar-refractivity contribution >= 4 is 34.0 Å². The molecule has 0 amide bonds. The largest absolute Gasteiger partial charge is 0.417 e. The van der Waals surface area contributed by atoms with Gasteiger partial charge in [0.1, 0.15) is 17.9 Å². The molecule has 0 fully saturated rings. The fourth-order valence-corrected chi connectivity index (χ4v) is 5.12. The summed E-state index contributed by atoms with van der Waals surface area (Å²) in [6.45, 7) is 0. The van der Waals surface area contributed by atoms with Crippen molar-refractivity contribution in [2.75, 3.05) is 11.1 Å². The molecule has 8 heteroatoms. The monoisotopic (exact) mass is 614 g/mol. The van der Waals surface area contributed by atoms with Gasteiger partial charge in [-0.3, -0.25) is 4.79 Å². The molecule has 0 N–H and O–H groups in total. The highest BCUT2D eigenvalue weighted by Crippen LogP contribution is 2.37. The highest BCUT2D eigenvalue weighted by Gasteiger charge is 2.33. The molecular weight excluding hydrogens is 583 g/mol. The number of rotatable bonds is 13. The van der Waals surface area contributed by atoms with E-state index in [1.54, 1.807) is 12.1 Å². The summed E-state index contributed by atoms with van der Waals surface area (Å²) in [6, 6.07) is 16.8. The van der Waals surface area contributed by atoms with Gasteiger partial charge in [0.25, 0.3) is 0 Å². The lowest BCUT2D eigenvalue weighted by molar-refractivity contribution is -0.139. The van der Waals surface area contributed by atoms with Crippen LogP contribution in [0.2, 0.25) is 0 Å². The molecule has 206 valence electrons. The highest BCUT2D eigenvalue weighted by atomic mass is 79.9. The lowest BCUT2D eigenvalue weighted by Gasteiger charge is -2.13. The van der Waals surface area contributed by atoms with Crippen molar-refractivity contribution in [1.82, 2.24) is 0 Å². The highest BCUT2D eigenvalue weighted by molar-refractivity contribution is 9.09. The van der Waals surface area contributed by atoms with Crippen molar-refractivity contribution < 1.29 is 26.7 Å². The molecule has 0 aliphatic carbocycles. The third-order valence-electron chi connectivity index (χ3n) is 5.74. The molecule has 0 aromatic heterocycles. The molecule has 0 saturated heterocycles. The quantitative estimate of drug-likeness (QED) is 0.0626. The molecule has 0 atom stereocenters. The van der Waals surface area contributed by atoms with Gasteiger partial charge in [-0.15, -0.1) is 11.8 Å². The van der Waals surface area contributed by atoms with Gasteiger partial charge in [-0.25, -0.2) is 8.78 Å². The Morgan fingerprint density at radius 3 is 1.71 bits per heavy atom. The summed E-state index contributed by atoms with van der Waals surface area (Å²) < 4.78 is 64.5. The average Bonchev–Trinajstić information content (AvgIpc) is 2.90. The minimum absolute atomic E-state index is 0.0240. The Kier molecular flexibility index (Phi) is 14.7. The summed E-state index contributed by atoms with van der Waals surface area (Å²) in [5, 5.41) is 1.08. The summed E-state index contributed by atoms with van der Waals surface area (Å²) >= 11 is 4.55. The minimum Gasteiger partial charge on any atom is -0.298 e. The lowest BCUT2D eigenvalue weighted by atomic mass is 10.1. The van der Waals surface area contributed by atoms with Crippen molar-refractivity contribution in [1.29, 1.82) is 0 Å². The van der Waals surface area contributed by atoms with E-state index in [4.69, 9.17) is 0 Å². The van der Waals surface area contributed by atoms with Gasteiger partial charge in [0, 0.05) is 15.8 Å². The van der Waals surface area contributed by atoms with Crippen molar-refractivity contribution in [3.05, 3.63) is 101 Å². The molecular formula is C30H32BrF5OS. The number of carbonyl (C=O) groups is 1. The van der Waals surface area contributed by atoms with E-state index in [2.05, 4.69) is 15.9 Å². The van der Waals surface area contributed by atoms with E-state index in [9.17, 15) is 26.7 Å². The lowest BCUT2D eigenvalue weighted by Crippen LogP contribution is -2.07. The Morgan fingerprint density at radius 1 is 0.711 bits per heavy atom. The van der Waals surface area contributed by atoms with Gasteiger partial charge in [-0.05, 0) is 91.8 Å². The molecule has 0 heterocycles. The van der Waals surface area contributed by atoms with Crippen LogP contribution in [0.3, 0.4) is 0 Å². The molecule has 0 aliphatic rings. The first-order chi connectivity index (χ1) is 18.2. The number of alkyl halides is 4. The van der Waals surface area contributed by atoms with E-state index >= 15 is 0 Å². The second-order valence-electron chi connectivity index (χ2n) is 8.78. The van der Waals surface area contributed by atoms with E-state index in [-0.39, 0.29) is 22.1 Å². The van der Waals surface area contributed by atoms with E-state index < -0.39 is 11.7 Å². The maximum Gasteiger partial charge on any atom is 0.417 e. The molecule has 38 heavy (non-hydrogen) atoms. The Labute approximate surface area is 234 Å². The Bertz CT molecular complexity index is 1090. The van der Waals surface area contributed by atoms with Crippen molar-refractivity contribution in [2.45, 2.75) is 62.4 Å². The first kappa shape index (κ1) is 32.0. The molecule has 0 unspecified atom stereocenters. The number of aldehydes is 1. The maximum atomic E-state index is 13.1. The number of thioether (sulfide) groups is 1. The SMILES string of the molecule is Fc1ccc(CCCCCBr)cc1.O=Cc1ccc(SCCCCCc2ccc(F)cc2)c(C(F)(F)F)c1.